The van der Waals surface area contributed by atoms with E-state index in [1.54, 1.807) is 0 Å². The number of carboxylic acids is 1. The Kier molecular flexibility index (Phi) is 3.78. The highest BCUT2D eigenvalue weighted by Gasteiger charge is 2.37. The normalized spacial score (nSPS) is 16.1. The molecule has 1 atom stereocenters. The van der Waals surface area contributed by atoms with E-state index in [1.807, 2.05) is 0 Å². The van der Waals surface area contributed by atoms with Crippen LogP contribution in [0.4, 0.5) is 0 Å². The van der Waals surface area contributed by atoms with Crippen LogP contribution in [0.2, 0.25) is 10.0 Å². The molecule has 1 aromatic rings. The number of halogens is 2. The number of rotatable bonds is 4. The number of carboxylic acid groups (broad SMARTS) is 1. The molecule has 0 aromatic heterocycles. The fraction of sp³-hybridized carbons (Fsp3) is 0.333. The van der Waals surface area contributed by atoms with E-state index in [-0.39, 0.29) is 11.5 Å². The van der Waals surface area contributed by atoms with E-state index in [9.17, 15) is 9.59 Å². The van der Waals surface area contributed by atoms with Crippen LogP contribution in [0.3, 0.4) is 0 Å². The lowest BCUT2D eigenvalue weighted by atomic mass is 10.1. The van der Waals surface area contributed by atoms with Crippen LogP contribution < -0.4 is 5.32 Å². The maximum absolute atomic E-state index is 11.9. The van der Waals surface area contributed by atoms with Gasteiger partial charge in [0.1, 0.15) is 6.04 Å². The van der Waals surface area contributed by atoms with E-state index in [1.165, 1.54) is 18.2 Å². The van der Waals surface area contributed by atoms with Crippen LogP contribution in [0.5, 0.6) is 0 Å². The number of nitrogens with one attached hydrogen (secondary N) is 1. The molecule has 1 unspecified atom stereocenters. The van der Waals surface area contributed by atoms with Gasteiger partial charge in [-0.2, -0.15) is 0 Å². The summed E-state index contributed by atoms with van der Waals surface area (Å²) < 4.78 is 0. The first-order chi connectivity index (χ1) is 8.47. The summed E-state index contributed by atoms with van der Waals surface area (Å²) in [6.07, 6.45) is 1.65. The lowest BCUT2D eigenvalue weighted by Gasteiger charge is -2.13. The summed E-state index contributed by atoms with van der Waals surface area (Å²) in [4.78, 5) is 22.9. The van der Waals surface area contributed by atoms with Gasteiger partial charge in [0.25, 0.3) is 5.91 Å². The Morgan fingerprint density at radius 1 is 1.22 bits per heavy atom. The summed E-state index contributed by atoms with van der Waals surface area (Å²) in [5, 5.41) is 12.2. The van der Waals surface area contributed by atoms with Crippen LogP contribution >= 0.6 is 23.2 Å². The number of hydrogen-bond donors (Lipinski definition) is 2. The number of carbonyl (C=O) groups is 2. The van der Waals surface area contributed by atoms with Crippen LogP contribution in [0.25, 0.3) is 0 Å². The predicted octanol–water partition coefficient (Wildman–Crippen LogP) is 2.59. The zero-order valence-electron chi connectivity index (χ0n) is 9.32. The fourth-order valence-corrected chi connectivity index (χ4v) is 2.25. The molecule has 0 aliphatic heterocycles. The molecule has 2 rings (SSSR count). The van der Waals surface area contributed by atoms with E-state index < -0.39 is 17.9 Å². The highest BCUT2D eigenvalue weighted by atomic mass is 35.5. The van der Waals surface area contributed by atoms with Crippen molar-refractivity contribution in [2.45, 2.75) is 18.9 Å². The highest BCUT2D eigenvalue weighted by Crippen LogP contribution is 2.33. The number of aliphatic carboxylic acids is 1. The van der Waals surface area contributed by atoms with E-state index in [2.05, 4.69) is 5.32 Å². The first kappa shape index (κ1) is 13.2. The maximum atomic E-state index is 11.9. The predicted molar refractivity (Wildman–Crippen MR) is 68.1 cm³/mol. The Hall–Kier alpha value is -1.26. The van der Waals surface area contributed by atoms with Gasteiger partial charge >= 0.3 is 5.97 Å². The average molecular weight is 288 g/mol. The summed E-state index contributed by atoms with van der Waals surface area (Å²) in [6, 6.07) is 3.58. The molecule has 0 saturated heterocycles. The van der Waals surface area contributed by atoms with E-state index >= 15 is 0 Å². The summed E-state index contributed by atoms with van der Waals surface area (Å²) in [5.41, 5.74) is 0.263. The van der Waals surface area contributed by atoms with Gasteiger partial charge in [0.2, 0.25) is 0 Å². The molecular weight excluding hydrogens is 277 g/mol. The lowest BCUT2D eigenvalue weighted by Crippen LogP contribution is -2.42. The second-order valence-corrected chi connectivity index (χ2v) is 5.16. The number of carbonyl (C=O) groups excluding carboxylic acids is 1. The Labute approximate surface area is 114 Å². The molecule has 0 spiro atoms. The van der Waals surface area contributed by atoms with Gasteiger partial charge in [0.15, 0.2) is 0 Å². The van der Waals surface area contributed by atoms with Crippen molar-refractivity contribution in [2.24, 2.45) is 5.92 Å². The molecule has 1 aromatic carbocycles. The molecule has 0 bridgehead atoms. The summed E-state index contributed by atoms with van der Waals surface area (Å²) in [6.45, 7) is 0. The van der Waals surface area contributed by atoms with Crippen LogP contribution in [0, 0.1) is 5.92 Å². The molecule has 18 heavy (non-hydrogen) atoms. The van der Waals surface area contributed by atoms with E-state index in [0.717, 1.165) is 12.8 Å². The van der Waals surface area contributed by atoms with Crippen molar-refractivity contribution < 1.29 is 14.7 Å². The van der Waals surface area contributed by atoms with Crippen molar-refractivity contribution in [1.82, 2.24) is 5.32 Å². The summed E-state index contributed by atoms with van der Waals surface area (Å²) >= 11 is 11.6. The minimum Gasteiger partial charge on any atom is -0.480 e. The quantitative estimate of drug-likeness (QED) is 0.895. The molecule has 0 radical (unpaired) electrons. The molecule has 1 aliphatic carbocycles. The van der Waals surface area contributed by atoms with E-state index in [0.29, 0.717) is 10.0 Å². The Morgan fingerprint density at radius 3 is 2.22 bits per heavy atom. The van der Waals surface area contributed by atoms with Crippen molar-refractivity contribution in [3.63, 3.8) is 0 Å². The van der Waals surface area contributed by atoms with Crippen LogP contribution in [0.15, 0.2) is 18.2 Å². The van der Waals surface area contributed by atoms with Crippen molar-refractivity contribution in [3.05, 3.63) is 33.8 Å². The Balaban J connectivity index is 2.13. The fourth-order valence-electron chi connectivity index (χ4n) is 1.72. The molecule has 0 heterocycles. The van der Waals surface area contributed by atoms with Crippen LogP contribution in [-0.2, 0) is 4.79 Å². The monoisotopic (exact) mass is 287 g/mol. The minimum atomic E-state index is -1.01. The molecule has 4 nitrogen and oxygen atoms in total. The number of hydrogen-bond acceptors (Lipinski definition) is 2. The standard InChI is InChI=1S/C12H11Cl2NO3/c13-8-3-7(4-9(14)5-8)11(16)15-10(12(17)18)6-1-2-6/h3-6,10H,1-2H2,(H,15,16)(H,17,18). The molecule has 6 heteroatoms. The van der Waals surface area contributed by atoms with E-state index in [4.69, 9.17) is 28.3 Å². The maximum Gasteiger partial charge on any atom is 0.326 e. The Bertz CT molecular complexity index is 480. The van der Waals surface area contributed by atoms with Crippen molar-refractivity contribution in [1.29, 1.82) is 0 Å². The largest absolute Gasteiger partial charge is 0.480 e. The van der Waals surface area contributed by atoms with Crippen molar-refractivity contribution >= 4 is 35.1 Å². The van der Waals surface area contributed by atoms with Crippen molar-refractivity contribution in [2.75, 3.05) is 0 Å². The summed E-state index contributed by atoms with van der Waals surface area (Å²) in [7, 11) is 0. The zero-order chi connectivity index (χ0) is 13.3. The van der Waals surface area contributed by atoms with Crippen molar-refractivity contribution in [3.8, 4) is 0 Å². The molecule has 96 valence electrons. The third kappa shape index (κ3) is 3.15. The highest BCUT2D eigenvalue weighted by molar-refractivity contribution is 6.35. The second kappa shape index (κ2) is 5.16. The topological polar surface area (TPSA) is 66.4 Å². The third-order valence-corrected chi connectivity index (χ3v) is 3.21. The minimum absolute atomic E-state index is 0.0288. The third-order valence-electron chi connectivity index (χ3n) is 2.77. The van der Waals surface area contributed by atoms with Crippen LogP contribution in [-0.4, -0.2) is 23.0 Å². The first-order valence-electron chi connectivity index (χ1n) is 5.47. The van der Waals surface area contributed by atoms with Gasteiger partial charge in [-0.25, -0.2) is 4.79 Å². The zero-order valence-corrected chi connectivity index (χ0v) is 10.8. The Morgan fingerprint density at radius 2 is 1.78 bits per heavy atom. The van der Waals surface area contributed by atoms with Crippen LogP contribution in [0.1, 0.15) is 23.2 Å². The molecule has 2 N–H and O–H groups in total. The van der Waals surface area contributed by atoms with Gasteiger partial charge in [0.05, 0.1) is 0 Å². The van der Waals surface area contributed by atoms with Gasteiger partial charge in [-0.15, -0.1) is 0 Å². The number of benzene rings is 1. The van der Waals surface area contributed by atoms with Gasteiger partial charge in [-0.1, -0.05) is 23.2 Å². The van der Waals surface area contributed by atoms with Gasteiger partial charge < -0.3 is 10.4 Å². The summed E-state index contributed by atoms with van der Waals surface area (Å²) in [5.74, 6) is -1.46. The smallest absolute Gasteiger partial charge is 0.326 e. The molecule has 1 fully saturated rings. The van der Waals surface area contributed by atoms with Gasteiger partial charge in [0, 0.05) is 15.6 Å². The van der Waals surface area contributed by atoms with Gasteiger partial charge in [-0.3, -0.25) is 4.79 Å². The molecule has 1 aliphatic rings. The SMILES string of the molecule is O=C(NC(C(=O)O)C1CC1)c1cc(Cl)cc(Cl)c1. The first-order valence-corrected chi connectivity index (χ1v) is 6.22. The lowest BCUT2D eigenvalue weighted by molar-refractivity contribution is -0.139. The molecule has 1 amide bonds. The second-order valence-electron chi connectivity index (χ2n) is 4.28. The average Bonchev–Trinajstić information content (AvgIpc) is 3.07. The molecule has 1 saturated carbocycles. The van der Waals surface area contributed by atoms with Gasteiger partial charge in [-0.05, 0) is 37.0 Å². The number of amides is 1. The molecular formula is C12H11Cl2NO3.